The molecular formula is C19H16ClN3O3S2. The minimum atomic E-state index is -0.386. The summed E-state index contributed by atoms with van der Waals surface area (Å²) in [6.07, 6.45) is 0.173. The van der Waals surface area contributed by atoms with E-state index >= 15 is 0 Å². The number of methoxy groups -OCH3 is 1. The lowest BCUT2D eigenvalue weighted by Gasteiger charge is -2.09. The van der Waals surface area contributed by atoms with E-state index in [4.69, 9.17) is 29.6 Å². The molecule has 1 aromatic heterocycles. The smallest absolute Gasteiger partial charge is 0.309 e. The number of ether oxygens (including phenoxy) is 1. The molecule has 9 heteroatoms. The molecule has 144 valence electrons. The van der Waals surface area contributed by atoms with Gasteiger partial charge in [0, 0.05) is 5.69 Å². The Kier molecular flexibility index (Phi) is 6.13. The van der Waals surface area contributed by atoms with Gasteiger partial charge in [0.2, 0.25) is 0 Å². The number of nitrogens with zero attached hydrogens (tertiary/aromatic N) is 1. The van der Waals surface area contributed by atoms with E-state index in [0.29, 0.717) is 25.2 Å². The number of aromatic nitrogens is 1. The van der Waals surface area contributed by atoms with Crippen molar-refractivity contribution in [2.75, 3.05) is 18.2 Å². The van der Waals surface area contributed by atoms with Crippen LogP contribution in [0.3, 0.4) is 0 Å². The van der Waals surface area contributed by atoms with Crippen LogP contribution in [-0.2, 0) is 16.0 Å². The van der Waals surface area contributed by atoms with Gasteiger partial charge in [-0.2, -0.15) is 0 Å². The lowest BCUT2D eigenvalue weighted by atomic mass is 10.1. The molecule has 0 aliphatic rings. The fraction of sp³-hybridized carbons (Fsp3) is 0.105. The van der Waals surface area contributed by atoms with Gasteiger partial charge in [0.25, 0.3) is 5.91 Å². The lowest BCUT2D eigenvalue weighted by molar-refractivity contribution is -0.139. The Morgan fingerprint density at radius 2 is 1.89 bits per heavy atom. The number of anilines is 2. The monoisotopic (exact) mass is 433 g/mol. The molecule has 3 aromatic rings. The Morgan fingerprint density at radius 1 is 1.21 bits per heavy atom. The molecule has 0 saturated heterocycles. The van der Waals surface area contributed by atoms with Crippen LogP contribution < -0.4 is 11.1 Å². The van der Waals surface area contributed by atoms with E-state index < -0.39 is 0 Å². The first-order valence-electron chi connectivity index (χ1n) is 8.14. The number of thiazole rings is 1. The highest BCUT2D eigenvalue weighted by Crippen LogP contribution is 2.28. The number of nitrogen functional groups attached to an aromatic ring is 1. The van der Waals surface area contributed by atoms with Gasteiger partial charge in [-0.3, -0.25) is 14.2 Å². The van der Waals surface area contributed by atoms with E-state index in [0.717, 1.165) is 16.9 Å². The first-order valence-corrected chi connectivity index (χ1v) is 9.74. The quantitative estimate of drug-likeness (QED) is 0.458. The van der Waals surface area contributed by atoms with Crippen LogP contribution in [0.4, 0.5) is 11.5 Å². The van der Waals surface area contributed by atoms with E-state index in [1.54, 1.807) is 53.1 Å². The topological polar surface area (TPSA) is 86.3 Å². The molecule has 6 nitrogen and oxygen atoms in total. The summed E-state index contributed by atoms with van der Waals surface area (Å²) < 4.78 is 6.71. The molecule has 0 radical (unpaired) electrons. The number of esters is 1. The van der Waals surface area contributed by atoms with E-state index in [-0.39, 0.29) is 24.1 Å². The van der Waals surface area contributed by atoms with E-state index in [1.165, 1.54) is 7.11 Å². The number of nitrogens with two attached hydrogens (primary N) is 1. The van der Waals surface area contributed by atoms with Crippen LogP contribution in [0.1, 0.15) is 15.2 Å². The summed E-state index contributed by atoms with van der Waals surface area (Å²) in [7, 11) is 1.34. The van der Waals surface area contributed by atoms with Crippen molar-refractivity contribution < 1.29 is 14.3 Å². The van der Waals surface area contributed by atoms with Crippen molar-refractivity contribution >= 4 is 58.5 Å². The minimum absolute atomic E-state index is 0.173. The Morgan fingerprint density at radius 3 is 2.54 bits per heavy atom. The van der Waals surface area contributed by atoms with Gasteiger partial charge >= 0.3 is 5.97 Å². The van der Waals surface area contributed by atoms with Crippen LogP contribution >= 0.6 is 35.2 Å². The fourth-order valence-electron chi connectivity index (χ4n) is 2.54. The third-order valence-corrected chi connectivity index (χ3v) is 5.66. The van der Waals surface area contributed by atoms with Gasteiger partial charge < -0.3 is 15.8 Å². The van der Waals surface area contributed by atoms with Crippen LogP contribution in [-0.4, -0.2) is 23.6 Å². The van der Waals surface area contributed by atoms with Gasteiger partial charge in [-0.05, 0) is 42.0 Å². The standard InChI is InChI=1S/C19H16ClN3O3S2/c1-26-15(24)10-11-6-8-12(9-7-11)23-17(21)16(28-19(23)27)18(25)22-14-5-3-2-4-13(14)20/h2-9H,10,21H2,1H3,(H,22,25). The van der Waals surface area contributed by atoms with Crippen LogP contribution in [0.25, 0.3) is 5.69 Å². The minimum Gasteiger partial charge on any atom is -0.469 e. The normalized spacial score (nSPS) is 10.5. The maximum atomic E-state index is 12.6. The van der Waals surface area contributed by atoms with Crippen molar-refractivity contribution in [1.82, 2.24) is 4.57 Å². The van der Waals surface area contributed by atoms with E-state index in [9.17, 15) is 9.59 Å². The largest absolute Gasteiger partial charge is 0.469 e. The lowest BCUT2D eigenvalue weighted by Crippen LogP contribution is -2.13. The molecule has 0 bridgehead atoms. The molecule has 0 aliphatic heterocycles. The highest BCUT2D eigenvalue weighted by Gasteiger charge is 2.19. The summed E-state index contributed by atoms with van der Waals surface area (Å²) in [5, 5.41) is 3.17. The van der Waals surface area contributed by atoms with Crippen LogP contribution in [0.15, 0.2) is 48.5 Å². The van der Waals surface area contributed by atoms with Crippen molar-refractivity contribution in [3.05, 3.63) is 67.9 Å². The highest BCUT2D eigenvalue weighted by molar-refractivity contribution is 7.73. The highest BCUT2D eigenvalue weighted by atomic mass is 35.5. The number of para-hydroxylation sites is 1. The maximum Gasteiger partial charge on any atom is 0.309 e. The first-order chi connectivity index (χ1) is 13.4. The number of halogens is 1. The van der Waals surface area contributed by atoms with Gasteiger partial charge in [0.15, 0.2) is 3.95 Å². The predicted octanol–water partition coefficient (Wildman–Crippen LogP) is 4.47. The molecule has 1 amide bonds. The molecule has 0 unspecified atom stereocenters. The van der Waals surface area contributed by atoms with Crippen LogP contribution in [0.2, 0.25) is 5.02 Å². The molecule has 1 heterocycles. The first kappa shape index (κ1) is 20.1. The molecular weight excluding hydrogens is 418 g/mol. The molecule has 0 fully saturated rings. The van der Waals surface area contributed by atoms with Gasteiger partial charge in [-0.15, -0.1) is 0 Å². The molecule has 0 spiro atoms. The summed E-state index contributed by atoms with van der Waals surface area (Å²) >= 11 is 12.6. The Bertz CT molecular complexity index is 1090. The van der Waals surface area contributed by atoms with Crippen LogP contribution in [0.5, 0.6) is 0 Å². The fourth-order valence-corrected chi connectivity index (χ4v) is 3.98. The number of benzene rings is 2. The zero-order valence-corrected chi connectivity index (χ0v) is 17.2. The van der Waals surface area contributed by atoms with Gasteiger partial charge in [-0.1, -0.05) is 47.2 Å². The van der Waals surface area contributed by atoms with Crippen molar-refractivity contribution in [2.45, 2.75) is 6.42 Å². The maximum absolute atomic E-state index is 12.6. The molecule has 28 heavy (non-hydrogen) atoms. The number of carbonyl (C=O) groups excluding carboxylic acids is 2. The Labute approximate surface area is 175 Å². The SMILES string of the molecule is COC(=O)Cc1ccc(-n2c(N)c(C(=O)Nc3ccccc3Cl)sc2=S)cc1. The molecule has 0 aliphatic carbocycles. The van der Waals surface area contributed by atoms with Crippen LogP contribution in [0, 0.1) is 3.95 Å². The number of nitrogens with one attached hydrogen (secondary N) is 1. The Hall–Kier alpha value is -2.68. The summed E-state index contributed by atoms with van der Waals surface area (Å²) in [5.41, 5.74) is 8.20. The van der Waals surface area contributed by atoms with Gasteiger partial charge in [0.1, 0.15) is 10.7 Å². The summed E-state index contributed by atoms with van der Waals surface area (Å²) in [6, 6.07) is 14.1. The molecule has 2 aromatic carbocycles. The zero-order valence-electron chi connectivity index (χ0n) is 14.8. The number of hydrogen-bond donors (Lipinski definition) is 2. The second-order valence-corrected chi connectivity index (χ2v) is 7.82. The van der Waals surface area contributed by atoms with Gasteiger partial charge in [-0.25, -0.2) is 0 Å². The number of rotatable bonds is 5. The molecule has 3 rings (SSSR count). The third kappa shape index (κ3) is 4.24. The second-order valence-electron chi connectivity index (χ2n) is 5.77. The van der Waals surface area contributed by atoms with E-state index in [1.807, 2.05) is 0 Å². The number of hydrogen-bond acceptors (Lipinski definition) is 6. The average molecular weight is 434 g/mol. The summed E-state index contributed by atoms with van der Waals surface area (Å²) in [4.78, 5) is 24.3. The summed E-state index contributed by atoms with van der Waals surface area (Å²) in [6.45, 7) is 0. The van der Waals surface area contributed by atoms with E-state index in [2.05, 4.69) is 10.1 Å². The Balaban J connectivity index is 1.88. The van der Waals surface area contributed by atoms with Crippen molar-refractivity contribution in [3.8, 4) is 5.69 Å². The second kappa shape index (κ2) is 8.55. The number of carbonyl (C=O) groups is 2. The molecule has 0 atom stereocenters. The van der Waals surface area contributed by atoms with Crippen molar-refractivity contribution in [1.29, 1.82) is 0 Å². The third-order valence-electron chi connectivity index (χ3n) is 3.94. The molecule has 3 N–H and O–H groups in total. The predicted molar refractivity (Wildman–Crippen MR) is 114 cm³/mol. The summed E-state index contributed by atoms with van der Waals surface area (Å²) in [5.74, 6) is -0.471. The van der Waals surface area contributed by atoms with Crippen molar-refractivity contribution in [2.24, 2.45) is 0 Å². The number of amides is 1. The van der Waals surface area contributed by atoms with Gasteiger partial charge in [0.05, 0.1) is 24.2 Å². The van der Waals surface area contributed by atoms with Crippen molar-refractivity contribution in [3.63, 3.8) is 0 Å². The molecule has 0 saturated carbocycles. The zero-order chi connectivity index (χ0) is 20.3. The average Bonchev–Trinajstić information content (AvgIpc) is 2.98.